The van der Waals surface area contributed by atoms with Crippen LogP contribution in [-0.2, 0) is 6.54 Å². The second kappa shape index (κ2) is 5.46. The molecule has 0 bridgehead atoms. The van der Waals surface area contributed by atoms with Crippen molar-refractivity contribution < 1.29 is 0 Å². The Morgan fingerprint density at radius 1 is 1.18 bits per heavy atom. The van der Waals surface area contributed by atoms with Gasteiger partial charge in [-0.15, -0.1) is 11.3 Å². The molecule has 2 heterocycles. The first-order valence-corrected chi connectivity index (χ1v) is 7.69. The van der Waals surface area contributed by atoms with Crippen LogP contribution < -0.4 is 0 Å². The highest BCUT2D eigenvalue weighted by Crippen LogP contribution is 2.24. The molecule has 0 aromatic carbocycles. The average Bonchev–Trinajstić information content (AvgIpc) is 3.01. The third kappa shape index (κ3) is 2.87. The number of thiazole rings is 1. The van der Waals surface area contributed by atoms with E-state index >= 15 is 0 Å². The van der Waals surface area contributed by atoms with Crippen LogP contribution >= 0.6 is 11.3 Å². The van der Waals surface area contributed by atoms with Crippen LogP contribution in [0, 0.1) is 0 Å². The topological polar surface area (TPSA) is 19.4 Å². The maximum atomic E-state index is 4.37. The molecule has 0 unspecified atom stereocenters. The Morgan fingerprint density at radius 3 is 2.59 bits per heavy atom. The number of hydrogen-bond acceptors (Lipinski definition) is 4. The lowest BCUT2D eigenvalue weighted by Crippen LogP contribution is -2.49. The minimum atomic E-state index is 0.899. The summed E-state index contributed by atoms with van der Waals surface area (Å²) in [7, 11) is 0. The predicted octanol–water partition coefficient (Wildman–Crippen LogP) is 2.20. The van der Waals surface area contributed by atoms with Gasteiger partial charge in [-0.25, -0.2) is 4.98 Å². The Kier molecular flexibility index (Phi) is 3.74. The van der Waals surface area contributed by atoms with E-state index in [1.807, 2.05) is 5.51 Å². The molecule has 1 aliphatic carbocycles. The smallest absolute Gasteiger partial charge is 0.0795 e. The second-order valence-electron chi connectivity index (χ2n) is 5.23. The van der Waals surface area contributed by atoms with Crippen LogP contribution in [0.1, 0.15) is 31.4 Å². The zero-order chi connectivity index (χ0) is 11.5. The third-order valence-corrected chi connectivity index (χ3v) is 4.75. The van der Waals surface area contributed by atoms with Gasteiger partial charge >= 0.3 is 0 Å². The molecular weight excluding hydrogens is 230 g/mol. The standard InChI is InChI=1S/C13H21N3S/c1-2-4-13(3-1)16-7-5-15(6-8-16)9-12-10-17-11-14-12/h10-11,13H,1-9H2. The largest absolute Gasteiger partial charge is 0.298 e. The highest BCUT2D eigenvalue weighted by Gasteiger charge is 2.26. The van der Waals surface area contributed by atoms with Gasteiger partial charge in [-0.3, -0.25) is 9.80 Å². The van der Waals surface area contributed by atoms with Gasteiger partial charge in [-0.05, 0) is 12.8 Å². The van der Waals surface area contributed by atoms with E-state index in [0.29, 0.717) is 0 Å². The van der Waals surface area contributed by atoms with Crippen LogP contribution in [-0.4, -0.2) is 47.0 Å². The third-order valence-electron chi connectivity index (χ3n) is 4.12. The number of rotatable bonds is 3. The van der Waals surface area contributed by atoms with Crippen LogP contribution in [0.25, 0.3) is 0 Å². The second-order valence-corrected chi connectivity index (χ2v) is 5.95. The minimum absolute atomic E-state index is 0.899. The Bertz CT molecular complexity index is 324. The maximum Gasteiger partial charge on any atom is 0.0795 e. The van der Waals surface area contributed by atoms with E-state index in [0.717, 1.165) is 12.6 Å². The van der Waals surface area contributed by atoms with E-state index in [1.165, 1.54) is 57.6 Å². The molecule has 0 N–H and O–H groups in total. The fourth-order valence-corrected chi connectivity index (χ4v) is 3.65. The SMILES string of the molecule is c1nc(CN2CCN(C3CCCC3)CC2)cs1. The summed E-state index contributed by atoms with van der Waals surface area (Å²) in [5.41, 5.74) is 3.17. The molecule has 1 aliphatic heterocycles. The normalized spacial score (nSPS) is 24.5. The van der Waals surface area contributed by atoms with Crippen LogP contribution in [0.3, 0.4) is 0 Å². The average molecular weight is 251 g/mol. The molecule has 1 aromatic heterocycles. The van der Waals surface area contributed by atoms with Crippen molar-refractivity contribution in [2.24, 2.45) is 0 Å². The molecule has 0 amide bonds. The van der Waals surface area contributed by atoms with Gasteiger partial charge < -0.3 is 0 Å². The van der Waals surface area contributed by atoms with Crippen molar-refractivity contribution >= 4 is 11.3 Å². The lowest BCUT2D eigenvalue weighted by Gasteiger charge is -2.37. The van der Waals surface area contributed by atoms with Gasteiger partial charge in [-0.1, -0.05) is 12.8 Å². The number of hydrogen-bond donors (Lipinski definition) is 0. The quantitative estimate of drug-likeness (QED) is 0.821. The van der Waals surface area contributed by atoms with Crippen molar-refractivity contribution in [2.75, 3.05) is 26.2 Å². The summed E-state index contributed by atoms with van der Waals surface area (Å²) in [6.45, 7) is 5.99. The number of piperazine rings is 1. The van der Waals surface area contributed by atoms with E-state index in [2.05, 4.69) is 20.2 Å². The van der Waals surface area contributed by atoms with Gasteiger partial charge in [0.2, 0.25) is 0 Å². The van der Waals surface area contributed by atoms with Gasteiger partial charge in [0.05, 0.1) is 11.2 Å². The predicted molar refractivity (Wildman–Crippen MR) is 71.2 cm³/mol. The summed E-state index contributed by atoms with van der Waals surface area (Å²) in [6.07, 6.45) is 5.77. The molecule has 0 radical (unpaired) electrons. The van der Waals surface area contributed by atoms with Crippen LogP contribution in [0.15, 0.2) is 10.9 Å². The molecule has 1 saturated heterocycles. The summed E-state index contributed by atoms with van der Waals surface area (Å²) in [5, 5.41) is 2.17. The van der Waals surface area contributed by atoms with Gasteiger partial charge in [0, 0.05) is 44.1 Å². The van der Waals surface area contributed by atoms with E-state index in [-0.39, 0.29) is 0 Å². The lowest BCUT2D eigenvalue weighted by atomic mass is 10.2. The summed E-state index contributed by atoms with van der Waals surface area (Å²) in [4.78, 5) is 9.63. The molecule has 1 aromatic rings. The van der Waals surface area contributed by atoms with Crippen molar-refractivity contribution in [1.82, 2.24) is 14.8 Å². The molecule has 0 spiro atoms. The number of aromatic nitrogens is 1. The van der Waals surface area contributed by atoms with Crippen molar-refractivity contribution in [2.45, 2.75) is 38.3 Å². The fourth-order valence-electron chi connectivity index (χ4n) is 3.10. The molecule has 4 heteroatoms. The molecule has 3 nitrogen and oxygen atoms in total. The van der Waals surface area contributed by atoms with Gasteiger partial charge in [0.15, 0.2) is 0 Å². The molecule has 2 fully saturated rings. The van der Waals surface area contributed by atoms with Crippen molar-refractivity contribution in [3.8, 4) is 0 Å². The Morgan fingerprint density at radius 2 is 1.94 bits per heavy atom. The first-order valence-electron chi connectivity index (χ1n) is 6.75. The molecule has 17 heavy (non-hydrogen) atoms. The van der Waals surface area contributed by atoms with Crippen molar-refractivity contribution in [1.29, 1.82) is 0 Å². The van der Waals surface area contributed by atoms with E-state index < -0.39 is 0 Å². The summed E-state index contributed by atoms with van der Waals surface area (Å²) >= 11 is 1.70. The zero-order valence-corrected chi connectivity index (χ0v) is 11.2. The lowest BCUT2D eigenvalue weighted by molar-refractivity contribution is 0.0931. The Hall–Kier alpha value is -0.450. The molecular formula is C13H21N3S. The summed E-state index contributed by atoms with van der Waals surface area (Å²) in [6, 6.07) is 0.899. The van der Waals surface area contributed by atoms with E-state index in [1.54, 1.807) is 11.3 Å². The molecule has 1 saturated carbocycles. The first kappa shape index (κ1) is 11.6. The first-order chi connectivity index (χ1) is 8.42. The molecule has 94 valence electrons. The molecule has 2 aliphatic rings. The molecule has 3 rings (SSSR count). The Balaban J connectivity index is 1.47. The van der Waals surface area contributed by atoms with Crippen LogP contribution in [0.2, 0.25) is 0 Å². The number of nitrogens with zero attached hydrogens (tertiary/aromatic N) is 3. The van der Waals surface area contributed by atoms with Crippen LogP contribution in [0.4, 0.5) is 0 Å². The highest BCUT2D eigenvalue weighted by atomic mass is 32.1. The minimum Gasteiger partial charge on any atom is -0.298 e. The fraction of sp³-hybridized carbons (Fsp3) is 0.769. The van der Waals surface area contributed by atoms with E-state index in [4.69, 9.17) is 0 Å². The monoisotopic (exact) mass is 251 g/mol. The van der Waals surface area contributed by atoms with Gasteiger partial charge in [0.25, 0.3) is 0 Å². The molecule has 0 atom stereocenters. The van der Waals surface area contributed by atoms with Crippen LogP contribution in [0.5, 0.6) is 0 Å². The summed E-state index contributed by atoms with van der Waals surface area (Å²) in [5.74, 6) is 0. The zero-order valence-electron chi connectivity index (χ0n) is 10.3. The summed E-state index contributed by atoms with van der Waals surface area (Å²) < 4.78 is 0. The van der Waals surface area contributed by atoms with Crippen molar-refractivity contribution in [3.63, 3.8) is 0 Å². The van der Waals surface area contributed by atoms with Crippen molar-refractivity contribution in [3.05, 3.63) is 16.6 Å². The van der Waals surface area contributed by atoms with Gasteiger partial charge in [0.1, 0.15) is 0 Å². The highest BCUT2D eigenvalue weighted by molar-refractivity contribution is 7.07. The maximum absolute atomic E-state index is 4.37. The Labute approximate surface area is 107 Å². The van der Waals surface area contributed by atoms with E-state index in [9.17, 15) is 0 Å². The van der Waals surface area contributed by atoms with Gasteiger partial charge in [-0.2, -0.15) is 0 Å².